The normalized spacial score (nSPS) is 16.5. The van der Waals surface area contributed by atoms with Crippen LogP contribution in [-0.2, 0) is 38.9 Å². The van der Waals surface area contributed by atoms with Gasteiger partial charge in [0.15, 0.2) is 0 Å². The van der Waals surface area contributed by atoms with E-state index >= 15 is 0 Å². The highest BCUT2D eigenvalue weighted by Crippen LogP contribution is 2.33. The zero-order chi connectivity index (χ0) is 22.2. The predicted octanol–water partition coefficient (Wildman–Crippen LogP) is 3.52. The summed E-state index contributed by atoms with van der Waals surface area (Å²) >= 11 is 0. The molecule has 1 aliphatic heterocycles. The van der Waals surface area contributed by atoms with E-state index in [1.165, 1.54) is 16.4 Å². The van der Waals surface area contributed by atoms with Gasteiger partial charge < -0.3 is 9.30 Å². The SMILES string of the molecule is CCOC(=O)Cc1c2n(c3ccccc13)C[C@H](N(C)S(=O)(=O)c1ccc(F)cc1)CC2. The summed E-state index contributed by atoms with van der Waals surface area (Å²) in [6, 6.07) is 12.5. The Hall–Kier alpha value is -2.71. The lowest BCUT2D eigenvalue weighted by Gasteiger charge is -2.32. The molecule has 0 N–H and O–H groups in total. The van der Waals surface area contributed by atoms with Crippen LogP contribution in [0.15, 0.2) is 53.4 Å². The number of sulfonamides is 1. The lowest BCUT2D eigenvalue weighted by Crippen LogP contribution is -2.42. The molecule has 3 aromatic rings. The van der Waals surface area contributed by atoms with Crippen molar-refractivity contribution in [3.8, 4) is 0 Å². The van der Waals surface area contributed by atoms with Crippen molar-refractivity contribution in [2.45, 2.75) is 43.7 Å². The van der Waals surface area contributed by atoms with Crippen molar-refractivity contribution in [1.29, 1.82) is 0 Å². The summed E-state index contributed by atoms with van der Waals surface area (Å²) in [5.74, 6) is -0.739. The van der Waals surface area contributed by atoms with Crippen molar-refractivity contribution in [1.82, 2.24) is 8.87 Å². The number of likely N-dealkylation sites (N-methyl/N-ethyl adjacent to an activating group) is 1. The maximum absolute atomic E-state index is 13.2. The van der Waals surface area contributed by atoms with E-state index in [1.807, 2.05) is 24.3 Å². The van der Waals surface area contributed by atoms with E-state index in [0.717, 1.165) is 34.3 Å². The first-order valence-electron chi connectivity index (χ1n) is 10.3. The number of halogens is 1. The number of rotatable bonds is 6. The summed E-state index contributed by atoms with van der Waals surface area (Å²) in [6.07, 6.45) is 1.48. The van der Waals surface area contributed by atoms with Gasteiger partial charge >= 0.3 is 5.97 Å². The second kappa shape index (κ2) is 8.43. The van der Waals surface area contributed by atoms with Gasteiger partial charge in [-0.05, 0) is 55.7 Å². The van der Waals surface area contributed by atoms with Gasteiger partial charge in [0.05, 0.1) is 17.9 Å². The highest BCUT2D eigenvalue weighted by Gasteiger charge is 2.33. The van der Waals surface area contributed by atoms with Crippen molar-refractivity contribution >= 4 is 26.9 Å². The van der Waals surface area contributed by atoms with Crippen molar-refractivity contribution in [2.75, 3.05) is 13.7 Å². The lowest BCUT2D eigenvalue weighted by atomic mass is 10.0. The molecule has 0 saturated carbocycles. The lowest BCUT2D eigenvalue weighted by molar-refractivity contribution is -0.142. The number of nitrogens with zero attached hydrogens (tertiary/aromatic N) is 2. The smallest absolute Gasteiger partial charge is 0.310 e. The van der Waals surface area contributed by atoms with Gasteiger partial charge in [0.2, 0.25) is 10.0 Å². The molecule has 2 heterocycles. The van der Waals surface area contributed by atoms with Gasteiger partial charge in [-0.2, -0.15) is 4.31 Å². The largest absolute Gasteiger partial charge is 0.466 e. The number of hydrogen-bond donors (Lipinski definition) is 0. The maximum atomic E-state index is 13.2. The van der Waals surface area contributed by atoms with Gasteiger partial charge in [0, 0.05) is 36.2 Å². The molecule has 8 heteroatoms. The number of ether oxygens (including phenoxy) is 1. The van der Waals surface area contributed by atoms with E-state index in [4.69, 9.17) is 4.74 Å². The van der Waals surface area contributed by atoms with E-state index in [0.29, 0.717) is 26.0 Å². The second-order valence-electron chi connectivity index (χ2n) is 7.70. The van der Waals surface area contributed by atoms with Crippen LogP contribution in [0.2, 0.25) is 0 Å². The summed E-state index contributed by atoms with van der Waals surface area (Å²) in [6.45, 7) is 2.60. The van der Waals surface area contributed by atoms with E-state index in [2.05, 4.69) is 4.57 Å². The van der Waals surface area contributed by atoms with Crippen LogP contribution in [0.1, 0.15) is 24.6 Å². The number of esters is 1. The molecule has 0 amide bonds. The van der Waals surface area contributed by atoms with E-state index in [9.17, 15) is 17.6 Å². The molecule has 0 saturated heterocycles. The molecule has 0 unspecified atom stereocenters. The van der Waals surface area contributed by atoms with Crippen molar-refractivity contribution in [3.63, 3.8) is 0 Å². The maximum Gasteiger partial charge on any atom is 0.310 e. The highest BCUT2D eigenvalue weighted by atomic mass is 32.2. The molecule has 0 radical (unpaired) electrons. The Balaban J connectivity index is 1.67. The molecule has 0 spiro atoms. The number of benzene rings is 2. The number of hydrogen-bond acceptors (Lipinski definition) is 4. The molecule has 2 aromatic carbocycles. The molecule has 0 fully saturated rings. The summed E-state index contributed by atoms with van der Waals surface area (Å²) in [7, 11) is -2.18. The summed E-state index contributed by atoms with van der Waals surface area (Å²) in [5, 5.41) is 0.996. The Bertz CT molecular complexity index is 1220. The van der Waals surface area contributed by atoms with E-state index in [1.54, 1.807) is 14.0 Å². The molecule has 6 nitrogen and oxygen atoms in total. The van der Waals surface area contributed by atoms with Gasteiger partial charge in [-0.1, -0.05) is 18.2 Å². The third-order valence-electron chi connectivity index (χ3n) is 5.93. The standard InChI is InChI=1S/C23H25FN2O4S/c1-3-30-23(27)14-20-19-6-4-5-7-21(19)26-15-17(10-13-22(20)26)25(2)31(28,29)18-11-8-16(24)9-12-18/h4-9,11-12,17H,3,10,13-15H2,1-2H3/t17-/m1/s1. The van der Waals surface area contributed by atoms with Crippen molar-refractivity contribution < 1.29 is 22.3 Å². The van der Waals surface area contributed by atoms with Crippen LogP contribution in [0.3, 0.4) is 0 Å². The number of fused-ring (bicyclic) bond motifs is 3. The zero-order valence-corrected chi connectivity index (χ0v) is 18.4. The van der Waals surface area contributed by atoms with E-state index < -0.39 is 15.8 Å². The fourth-order valence-electron chi connectivity index (χ4n) is 4.35. The molecule has 31 heavy (non-hydrogen) atoms. The molecular weight excluding hydrogens is 419 g/mol. The van der Waals surface area contributed by atoms with Gasteiger partial charge in [0.1, 0.15) is 5.82 Å². The van der Waals surface area contributed by atoms with Crippen LogP contribution in [0.5, 0.6) is 0 Å². The Labute approximate surface area is 181 Å². The monoisotopic (exact) mass is 444 g/mol. The van der Waals surface area contributed by atoms with Crippen LogP contribution in [0.25, 0.3) is 10.9 Å². The Morgan fingerprint density at radius 3 is 2.61 bits per heavy atom. The first kappa shape index (κ1) is 21.5. The van der Waals surface area contributed by atoms with Crippen molar-refractivity contribution in [3.05, 3.63) is 65.6 Å². The molecule has 0 bridgehead atoms. The Morgan fingerprint density at radius 1 is 1.19 bits per heavy atom. The number of para-hydroxylation sites is 1. The third kappa shape index (κ3) is 3.97. The molecule has 1 atom stereocenters. The zero-order valence-electron chi connectivity index (χ0n) is 17.5. The minimum atomic E-state index is -3.75. The van der Waals surface area contributed by atoms with Crippen molar-refractivity contribution in [2.24, 2.45) is 0 Å². The predicted molar refractivity (Wildman–Crippen MR) is 116 cm³/mol. The first-order valence-corrected chi connectivity index (χ1v) is 11.7. The molecule has 1 aromatic heterocycles. The van der Waals surface area contributed by atoms with E-state index in [-0.39, 0.29) is 23.3 Å². The van der Waals surface area contributed by atoms with Gasteiger partial charge in [-0.15, -0.1) is 0 Å². The summed E-state index contributed by atoms with van der Waals surface area (Å²) in [4.78, 5) is 12.3. The number of carbonyl (C=O) groups excluding carboxylic acids is 1. The fraction of sp³-hybridized carbons (Fsp3) is 0.348. The van der Waals surface area contributed by atoms with Gasteiger partial charge in [-0.3, -0.25) is 4.79 Å². The number of carbonyl (C=O) groups is 1. The van der Waals surface area contributed by atoms with Crippen LogP contribution >= 0.6 is 0 Å². The summed E-state index contributed by atoms with van der Waals surface area (Å²) < 4.78 is 48.0. The Morgan fingerprint density at radius 2 is 1.90 bits per heavy atom. The third-order valence-corrected chi connectivity index (χ3v) is 7.86. The molecule has 1 aliphatic rings. The average molecular weight is 445 g/mol. The molecule has 164 valence electrons. The fourth-order valence-corrected chi connectivity index (χ4v) is 5.72. The first-order chi connectivity index (χ1) is 14.8. The quantitative estimate of drug-likeness (QED) is 0.546. The second-order valence-corrected chi connectivity index (χ2v) is 9.70. The topological polar surface area (TPSA) is 68.6 Å². The minimum absolute atomic E-state index is 0.0718. The van der Waals surface area contributed by atoms with Gasteiger partial charge in [0.25, 0.3) is 0 Å². The van der Waals surface area contributed by atoms with Crippen LogP contribution in [0, 0.1) is 5.82 Å². The highest BCUT2D eigenvalue weighted by molar-refractivity contribution is 7.89. The van der Waals surface area contributed by atoms with Crippen LogP contribution < -0.4 is 0 Å². The summed E-state index contributed by atoms with van der Waals surface area (Å²) in [5.41, 5.74) is 2.99. The van der Waals surface area contributed by atoms with Crippen LogP contribution in [-0.4, -0.2) is 43.0 Å². The molecule has 0 aliphatic carbocycles. The average Bonchev–Trinajstić information content (AvgIpc) is 3.07. The Kier molecular flexibility index (Phi) is 5.85. The number of aromatic nitrogens is 1. The van der Waals surface area contributed by atoms with Gasteiger partial charge in [-0.25, -0.2) is 12.8 Å². The molecule has 4 rings (SSSR count). The van der Waals surface area contributed by atoms with Crippen LogP contribution in [0.4, 0.5) is 4.39 Å². The minimum Gasteiger partial charge on any atom is -0.466 e. The molecular formula is C23H25FN2O4S.